The maximum Gasteiger partial charge on any atom is 0.341 e. The Morgan fingerprint density at radius 2 is 1.79 bits per heavy atom. The number of thiophene rings is 1. The first-order valence-corrected chi connectivity index (χ1v) is 15.0. The number of aryl methyl sites for hydroxylation is 1. The topological polar surface area (TPSA) is 84.5 Å². The van der Waals surface area contributed by atoms with Crippen LogP contribution in [0, 0.1) is 5.92 Å². The second-order valence-electron chi connectivity index (χ2n) is 9.68. The van der Waals surface area contributed by atoms with Gasteiger partial charge in [-0.15, -0.1) is 23.1 Å². The van der Waals surface area contributed by atoms with Gasteiger partial charge in [0.1, 0.15) is 10.3 Å². The standard InChI is InChI=1S/C30H32N2O4S2/c1-2-36-30(35)25-23-14-7-4-8-15-24(23)38-29(25)32-28(34)26(19-10-5-3-6-11-19)37-22-13-9-12-21(18-22)31-27(33)20-16-17-20/h3,5-6,9-13,18,20,26H,2,4,7-8,14-17H2,1H3,(H,31,33)(H,32,34). The van der Waals surface area contributed by atoms with Gasteiger partial charge in [-0.05, 0) is 74.8 Å². The van der Waals surface area contributed by atoms with Crippen LogP contribution in [0.1, 0.15) is 70.6 Å². The first kappa shape index (κ1) is 26.5. The second-order valence-corrected chi connectivity index (χ2v) is 12.0. The lowest BCUT2D eigenvalue weighted by Crippen LogP contribution is -2.20. The Labute approximate surface area is 231 Å². The van der Waals surface area contributed by atoms with E-state index < -0.39 is 5.25 Å². The van der Waals surface area contributed by atoms with Gasteiger partial charge in [-0.3, -0.25) is 9.59 Å². The lowest BCUT2D eigenvalue weighted by molar-refractivity contribution is -0.117. The number of rotatable bonds is 9. The van der Waals surface area contributed by atoms with Crippen LogP contribution in [0.3, 0.4) is 0 Å². The summed E-state index contributed by atoms with van der Waals surface area (Å²) in [5, 5.41) is 6.12. The highest BCUT2D eigenvalue weighted by molar-refractivity contribution is 8.00. The van der Waals surface area contributed by atoms with E-state index in [1.165, 1.54) is 28.0 Å². The van der Waals surface area contributed by atoms with Crippen molar-refractivity contribution in [1.82, 2.24) is 0 Å². The molecule has 2 aliphatic carbocycles. The maximum atomic E-state index is 13.8. The molecular formula is C30H32N2O4S2. The van der Waals surface area contributed by atoms with E-state index in [4.69, 9.17) is 4.74 Å². The molecule has 1 unspecified atom stereocenters. The van der Waals surface area contributed by atoms with Crippen LogP contribution in [0.5, 0.6) is 0 Å². The van der Waals surface area contributed by atoms with E-state index in [0.29, 0.717) is 10.6 Å². The third kappa shape index (κ3) is 6.30. The van der Waals surface area contributed by atoms with E-state index in [9.17, 15) is 14.4 Å². The first-order valence-electron chi connectivity index (χ1n) is 13.3. The van der Waals surface area contributed by atoms with Crippen LogP contribution < -0.4 is 10.6 Å². The highest BCUT2D eigenvalue weighted by Gasteiger charge is 2.31. The average molecular weight is 549 g/mol. The number of amides is 2. The average Bonchev–Trinajstić information content (AvgIpc) is 3.74. The Kier molecular flexibility index (Phi) is 8.49. The molecule has 0 saturated heterocycles. The zero-order valence-electron chi connectivity index (χ0n) is 21.5. The van der Waals surface area contributed by atoms with Crippen LogP contribution in [-0.4, -0.2) is 24.4 Å². The number of hydrogen-bond donors (Lipinski definition) is 2. The number of fused-ring (bicyclic) bond motifs is 1. The maximum absolute atomic E-state index is 13.8. The molecule has 0 bridgehead atoms. The largest absolute Gasteiger partial charge is 0.462 e. The fourth-order valence-electron chi connectivity index (χ4n) is 4.70. The van der Waals surface area contributed by atoms with Crippen LogP contribution in [0.25, 0.3) is 0 Å². The van der Waals surface area contributed by atoms with Gasteiger partial charge in [-0.25, -0.2) is 4.79 Å². The van der Waals surface area contributed by atoms with Gasteiger partial charge in [0.2, 0.25) is 11.8 Å². The molecule has 1 aromatic heterocycles. The normalized spacial score (nSPS) is 15.6. The predicted octanol–water partition coefficient (Wildman–Crippen LogP) is 7.01. The van der Waals surface area contributed by atoms with Gasteiger partial charge in [0.05, 0.1) is 12.2 Å². The number of nitrogens with one attached hydrogen (secondary N) is 2. The minimum Gasteiger partial charge on any atom is -0.462 e. The van der Waals surface area contributed by atoms with Gasteiger partial charge in [0.15, 0.2) is 0 Å². The number of esters is 1. The van der Waals surface area contributed by atoms with Crippen molar-refractivity contribution >= 4 is 51.6 Å². The Bertz CT molecular complexity index is 1320. The molecule has 38 heavy (non-hydrogen) atoms. The van der Waals surface area contributed by atoms with Gasteiger partial charge >= 0.3 is 5.97 Å². The van der Waals surface area contributed by atoms with Gasteiger partial charge in [0.25, 0.3) is 0 Å². The SMILES string of the molecule is CCOC(=O)c1c(NC(=O)C(Sc2cccc(NC(=O)C3CC3)c2)c2ccccc2)sc2c1CCCCC2. The Balaban J connectivity index is 1.42. The van der Waals surface area contributed by atoms with Crippen molar-refractivity contribution in [2.24, 2.45) is 5.92 Å². The highest BCUT2D eigenvalue weighted by atomic mass is 32.2. The lowest BCUT2D eigenvalue weighted by Gasteiger charge is -2.18. The summed E-state index contributed by atoms with van der Waals surface area (Å²) in [6.45, 7) is 2.08. The summed E-state index contributed by atoms with van der Waals surface area (Å²) in [4.78, 5) is 41.1. The van der Waals surface area contributed by atoms with E-state index in [2.05, 4.69) is 10.6 Å². The molecule has 0 spiro atoms. The van der Waals surface area contributed by atoms with Crippen molar-refractivity contribution in [3.8, 4) is 0 Å². The summed E-state index contributed by atoms with van der Waals surface area (Å²) in [7, 11) is 0. The summed E-state index contributed by atoms with van der Waals surface area (Å²) < 4.78 is 5.40. The summed E-state index contributed by atoms with van der Waals surface area (Å²) in [6.07, 6.45) is 6.87. The van der Waals surface area contributed by atoms with Gasteiger partial charge < -0.3 is 15.4 Å². The molecular weight excluding hydrogens is 516 g/mol. The quantitative estimate of drug-likeness (QED) is 0.171. The Morgan fingerprint density at radius 3 is 2.55 bits per heavy atom. The van der Waals surface area contributed by atoms with Crippen molar-refractivity contribution in [3.05, 3.63) is 76.2 Å². The Hall–Kier alpha value is -3.10. The number of benzene rings is 2. The molecule has 2 N–H and O–H groups in total. The predicted molar refractivity (Wildman–Crippen MR) is 153 cm³/mol. The van der Waals surface area contributed by atoms with E-state index in [1.807, 2.05) is 54.6 Å². The number of carbonyl (C=O) groups excluding carboxylic acids is 3. The number of carbonyl (C=O) groups is 3. The molecule has 198 valence electrons. The van der Waals surface area contributed by atoms with Crippen molar-refractivity contribution in [2.75, 3.05) is 17.2 Å². The molecule has 2 aromatic carbocycles. The fraction of sp³-hybridized carbons (Fsp3) is 0.367. The van der Waals surface area contributed by atoms with E-state index in [0.717, 1.165) is 66.7 Å². The number of thioether (sulfide) groups is 1. The summed E-state index contributed by atoms with van der Waals surface area (Å²) in [5.41, 5.74) is 3.14. The molecule has 8 heteroatoms. The van der Waals surface area contributed by atoms with Crippen molar-refractivity contribution in [3.63, 3.8) is 0 Å². The molecule has 1 heterocycles. The molecule has 2 aliphatic rings. The summed E-state index contributed by atoms with van der Waals surface area (Å²) in [6, 6.07) is 17.2. The minimum atomic E-state index is -0.553. The van der Waals surface area contributed by atoms with Crippen LogP contribution in [0.2, 0.25) is 0 Å². The van der Waals surface area contributed by atoms with Crippen LogP contribution in [-0.2, 0) is 27.2 Å². The van der Waals surface area contributed by atoms with Crippen molar-refractivity contribution in [2.45, 2.75) is 62.0 Å². The van der Waals surface area contributed by atoms with E-state index >= 15 is 0 Å². The molecule has 3 aromatic rings. The van der Waals surface area contributed by atoms with Gasteiger partial charge in [-0.1, -0.05) is 42.8 Å². The highest BCUT2D eigenvalue weighted by Crippen LogP contribution is 2.41. The first-order chi connectivity index (χ1) is 18.5. The monoisotopic (exact) mass is 548 g/mol. The number of hydrogen-bond acceptors (Lipinski definition) is 6. The zero-order chi connectivity index (χ0) is 26.5. The zero-order valence-corrected chi connectivity index (χ0v) is 23.1. The van der Waals surface area contributed by atoms with Gasteiger partial charge in [-0.2, -0.15) is 0 Å². The molecule has 0 aliphatic heterocycles. The van der Waals surface area contributed by atoms with Crippen molar-refractivity contribution < 1.29 is 19.1 Å². The number of anilines is 2. The lowest BCUT2D eigenvalue weighted by atomic mass is 10.1. The van der Waals surface area contributed by atoms with Crippen LogP contribution in [0.15, 0.2) is 59.5 Å². The fourth-order valence-corrected chi connectivity index (χ4v) is 7.07. The third-order valence-corrected chi connectivity index (χ3v) is 9.24. The molecule has 0 radical (unpaired) electrons. The van der Waals surface area contributed by atoms with Crippen LogP contribution >= 0.6 is 23.1 Å². The molecule has 5 rings (SSSR count). The Morgan fingerprint density at radius 1 is 1.00 bits per heavy atom. The van der Waals surface area contributed by atoms with E-state index in [-0.39, 0.29) is 30.3 Å². The van der Waals surface area contributed by atoms with Crippen LogP contribution in [0.4, 0.5) is 10.7 Å². The molecule has 1 fully saturated rings. The number of ether oxygens (including phenoxy) is 1. The third-order valence-electron chi connectivity index (χ3n) is 6.78. The summed E-state index contributed by atoms with van der Waals surface area (Å²) >= 11 is 2.93. The minimum absolute atomic E-state index is 0.0495. The van der Waals surface area contributed by atoms with E-state index in [1.54, 1.807) is 6.92 Å². The van der Waals surface area contributed by atoms with Gasteiger partial charge in [0, 0.05) is 21.4 Å². The second kappa shape index (κ2) is 12.2. The summed E-state index contributed by atoms with van der Waals surface area (Å²) in [5.74, 6) is -0.405. The smallest absolute Gasteiger partial charge is 0.341 e. The molecule has 6 nitrogen and oxygen atoms in total. The molecule has 1 atom stereocenters. The van der Waals surface area contributed by atoms with Crippen molar-refractivity contribution in [1.29, 1.82) is 0 Å². The molecule has 1 saturated carbocycles. The molecule has 2 amide bonds.